The maximum Gasteiger partial charge on any atom is 0.317 e. The quantitative estimate of drug-likeness (QED) is 0.833. The van der Waals surface area contributed by atoms with Gasteiger partial charge < -0.3 is 20.1 Å². The standard InChI is InChI=1S/C16H28N2O4/c1-11(2)8-13-9-12(4-7-22-13)17-15(21)18-6-5-16(3,10-18)14(19)20/h11-13H,4-10H2,1-3H3,(H,17,21)(H,19,20). The molecule has 22 heavy (non-hydrogen) atoms. The van der Waals surface area contributed by atoms with Crippen LogP contribution in [-0.2, 0) is 9.53 Å². The van der Waals surface area contributed by atoms with Gasteiger partial charge in [-0.15, -0.1) is 0 Å². The molecule has 0 saturated carbocycles. The Labute approximate surface area is 132 Å². The van der Waals surface area contributed by atoms with Crippen molar-refractivity contribution in [1.82, 2.24) is 10.2 Å². The van der Waals surface area contributed by atoms with Crippen molar-refractivity contribution in [3.63, 3.8) is 0 Å². The number of carboxylic acids is 1. The third kappa shape index (κ3) is 4.12. The zero-order chi connectivity index (χ0) is 16.3. The minimum Gasteiger partial charge on any atom is -0.481 e. The topological polar surface area (TPSA) is 78.9 Å². The summed E-state index contributed by atoms with van der Waals surface area (Å²) in [5.41, 5.74) is -0.812. The maximum absolute atomic E-state index is 12.3. The number of hydrogen-bond acceptors (Lipinski definition) is 3. The van der Waals surface area contributed by atoms with Crippen molar-refractivity contribution in [2.45, 2.75) is 58.6 Å². The molecule has 2 N–H and O–H groups in total. The Bertz CT molecular complexity index is 426. The van der Waals surface area contributed by atoms with E-state index >= 15 is 0 Å². The number of aliphatic carboxylic acids is 1. The number of urea groups is 1. The number of likely N-dealkylation sites (tertiary alicyclic amines) is 1. The van der Waals surface area contributed by atoms with E-state index < -0.39 is 11.4 Å². The highest BCUT2D eigenvalue weighted by Crippen LogP contribution is 2.30. The van der Waals surface area contributed by atoms with Crippen LogP contribution >= 0.6 is 0 Å². The predicted octanol–water partition coefficient (Wildman–Crippen LogP) is 2.09. The molecule has 2 rings (SSSR count). The minimum atomic E-state index is -0.828. The highest BCUT2D eigenvalue weighted by Gasteiger charge is 2.42. The molecule has 6 nitrogen and oxygen atoms in total. The molecule has 3 atom stereocenters. The number of carboxylic acid groups (broad SMARTS) is 1. The third-order valence-electron chi connectivity index (χ3n) is 4.71. The van der Waals surface area contributed by atoms with Gasteiger partial charge in [-0.3, -0.25) is 4.79 Å². The molecule has 0 spiro atoms. The van der Waals surface area contributed by atoms with E-state index in [1.807, 2.05) is 0 Å². The van der Waals surface area contributed by atoms with Crippen LogP contribution in [-0.4, -0.2) is 53.8 Å². The van der Waals surface area contributed by atoms with E-state index in [2.05, 4.69) is 19.2 Å². The van der Waals surface area contributed by atoms with Crippen LogP contribution in [0.15, 0.2) is 0 Å². The van der Waals surface area contributed by atoms with Gasteiger partial charge in [0.1, 0.15) is 0 Å². The monoisotopic (exact) mass is 312 g/mol. The first-order chi connectivity index (χ1) is 10.3. The summed E-state index contributed by atoms with van der Waals surface area (Å²) in [5, 5.41) is 12.3. The van der Waals surface area contributed by atoms with Crippen molar-refractivity contribution in [3.05, 3.63) is 0 Å². The van der Waals surface area contributed by atoms with Crippen LogP contribution in [0, 0.1) is 11.3 Å². The fourth-order valence-electron chi connectivity index (χ4n) is 3.28. The Kier molecular flexibility index (Phi) is 5.32. The van der Waals surface area contributed by atoms with E-state index in [0.29, 0.717) is 25.5 Å². The van der Waals surface area contributed by atoms with Gasteiger partial charge in [-0.25, -0.2) is 4.79 Å². The Morgan fingerprint density at radius 1 is 1.45 bits per heavy atom. The lowest BCUT2D eigenvalue weighted by Crippen LogP contribution is -2.48. The molecular weight excluding hydrogens is 284 g/mol. The second kappa shape index (κ2) is 6.86. The molecule has 0 aromatic rings. The summed E-state index contributed by atoms with van der Waals surface area (Å²) in [6, 6.07) is -0.0122. The second-order valence-corrected chi connectivity index (χ2v) is 7.33. The number of nitrogens with zero attached hydrogens (tertiary/aromatic N) is 1. The van der Waals surface area contributed by atoms with Crippen molar-refractivity contribution in [2.75, 3.05) is 19.7 Å². The molecule has 2 aliphatic rings. The average molecular weight is 312 g/mol. The molecule has 2 saturated heterocycles. The van der Waals surface area contributed by atoms with E-state index in [1.54, 1.807) is 11.8 Å². The van der Waals surface area contributed by atoms with Crippen LogP contribution in [0.1, 0.15) is 46.5 Å². The van der Waals surface area contributed by atoms with Gasteiger partial charge >= 0.3 is 12.0 Å². The Balaban J connectivity index is 1.83. The molecule has 0 radical (unpaired) electrons. The SMILES string of the molecule is CC(C)CC1CC(NC(=O)N2CCC(C)(C(=O)O)C2)CCO1. The molecule has 0 aliphatic carbocycles. The van der Waals surface area contributed by atoms with Crippen LogP contribution < -0.4 is 5.32 Å². The smallest absolute Gasteiger partial charge is 0.317 e. The minimum absolute atomic E-state index is 0.127. The van der Waals surface area contributed by atoms with Gasteiger partial charge in [0, 0.05) is 25.7 Å². The number of rotatable bonds is 4. The first-order valence-electron chi connectivity index (χ1n) is 8.20. The van der Waals surface area contributed by atoms with E-state index in [4.69, 9.17) is 4.74 Å². The molecule has 0 aromatic heterocycles. The second-order valence-electron chi connectivity index (χ2n) is 7.33. The highest BCUT2D eigenvalue weighted by atomic mass is 16.5. The summed E-state index contributed by atoms with van der Waals surface area (Å²) in [7, 11) is 0. The van der Waals surface area contributed by atoms with Gasteiger partial charge in [0.2, 0.25) is 0 Å². The van der Waals surface area contributed by atoms with Gasteiger partial charge in [-0.2, -0.15) is 0 Å². The van der Waals surface area contributed by atoms with Crippen LogP contribution in [0.2, 0.25) is 0 Å². The summed E-state index contributed by atoms with van der Waals surface area (Å²) in [4.78, 5) is 25.2. The molecule has 2 heterocycles. The lowest BCUT2D eigenvalue weighted by atomic mass is 9.90. The largest absolute Gasteiger partial charge is 0.481 e. The summed E-state index contributed by atoms with van der Waals surface area (Å²) in [6.45, 7) is 7.51. The molecule has 2 aliphatic heterocycles. The van der Waals surface area contributed by atoms with Crippen molar-refractivity contribution in [3.8, 4) is 0 Å². The van der Waals surface area contributed by atoms with E-state index in [9.17, 15) is 14.7 Å². The van der Waals surface area contributed by atoms with Crippen molar-refractivity contribution >= 4 is 12.0 Å². The first kappa shape index (κ1) is 17.1. The summed E-state index contributed by atoms with van der Waals surface area (Å²) in [5.74, 6) is -0.250. The fourth-order valence-corrected chi connectivity index (χ4v) is 3.28. The molecule has 3 unspecified atom stereocenters. The van der Waals surface area contributed by atoms with Gasteiger partial charge in [0.15, 0.2) is 0 Å². The molecule has 2 amide bonds. The number of nitrogens with one attached hydrogen (secondary N) is 1. The summed E-state index contributed by atoms with van der Waals surface area (Å²) >= 11 is 0. The fraction of sp³-hybridized carbons (Fsp3) is 0.875. The average Bonchev–Trinajstić information content (AvgIpc) is 2.82. The van der Waals surface area contributed by atoms with Gasteiger partial charge in [-0.05, 0) is 38.5 Å². The van der Waals surface area contributed by atoms with E-state index in [0.717, 1.165) is 19.3 Å². The number of amides is 2. The summed E-state index contributed by atoms with van der Waals surface area (Å²) < 4.78 is 5.75. The molecule has 0 aromatic carbocycles. The van der Waals surface area contributed by atoms with E-state index in [1.165, 1.54) is 0 Å². The summed E-state index contributed by atoms with van der Waals surface area (Å²) in [6.07, 6.45) is 3.40. The van der Waals surface area contributed by atoms with Crippen molar-refractivity contribution < 1.29 is 19.4 Å². The lowest BCUT2D eigenvalue weighted by Gasteiger charge is -2.32. The predicted molar refractivity (Wildman–Crippen MR) is 82.7 cm³/mol. The van der Waals surface area contributed by atoms with Crippen LogP contribution in [0.25, 0.3) is 0 Å². The van der Waals surface area contributed by atoms with Crippen LogP contribution in [0.3, 0.4) is 0 Å². The number of ether oxygens (including phenoxy) is 1. The molecular formula is C16H28N2O4. The number of carbonyl (C=O) groups is 2. The molecule has 2 fully saturated rings. The molecule has 126 valence electrons. The third-order valence-corrected chi connectivity index (χ3v) is 4.71. The molecule has 0 bridgehead atoms. The maximum atomic E-state index is 12.3. The highest BCUT2D eigenvalue weighted by molar-refractivity contribution is 5.79. The zero-order valence-corrected chi connectivity index (χ0v) is 13.8. The first-order valence-corrected chi connectivity index (χ1v) is 8.20. The number of hydrogen-bond donors (Lipinski definition) is 2. The normalized spacial score (nSPS) is 32.3. The van der Waals surface area contributed by atoms with Gasteiger partial charge in [0.25, 0.3) is 0 Å². The van der Waals surface area contributed by atoms with E-state index in [-0.39, 0.29) is 24.7 Å². The number of carbonyl (C=O) groups excluding carboxylic acids is 1. The Morgan fingerprint density at radius 2 is 2.18 bits per heavy atom. The molecule has 6 heteroatoms. The Morgan fingerprint density at radius 3 is 2.77 bits per heavy atom. The van der Waals surface area contributed by atoms with Gasteiger partial charge in [0.05, 0.1) is 11.5 Å². The Hall–Kier alpha value is -1.30. The zero-order valence-electron chi connectivity index (χ0n) is 13.8. The van der Waals surface area contributed by atoms with Crippen molar-refractivity contribution in [2.24, 2.45) is 11.3 Å². The van der Waals surface area contributed by atoms with Crippen LogP contribution in [0.4, 0.5) is 4.79 Å². The lowest BCUT2D eigenvalue weighted by molar-refractivity contribution is -0.146. The van der Waals surface area contributed by atoms with Crippen molar-refractivity contribution in [1.29, 1.82) is 0 Å². The van der Waals surface area contributed by atoms with Gasteiger partial charge in [-0.1, -0.05) is 13.8 Å². The van der Waals surface area contributed by atoms with Crippen LogP contribution in [0.5, 0.6) is 0 Å².